The molecule has 2 aliphatic rings. The third-order valence-corrected chi connectivity index (χ3v) is 5.35. The van der Waals surface area contributed by atoms with Crippen molar-refractivity contribution in [1.82, 2.24) is 0 Å². The van der Waals surface area contributed by atoms with Crippen molar-refractivity contribution in [3.63, 3.8) is 0 Å². The SMILES string of the molecule is C[C@@H]1CC=C2C(C#N)=C(N)C(C#N)(C#N)[C@@H](c3ccccc3F)[C@@H]2C1. The molecular weight excluding hydrogens is 315 g/mol. The predicted molar refractivity (Wildman–Crippen MR) is 89.6 cm³/mol. The molecule has 0 aromatic heterocycles. The van der Waals surface area contributed by atoms with Crippen LogP contribution in [-0.2, 0) is 0 Å². The van der Waals surface area contributed by atoms with Gasteiger partial charge in [0, 0.05) is 5.92 Å². The van der Waals surface area contributed by atoms with Gasteiger partial charge in [-0.25, -0.2) is 4.39 Å². The first-order chi connectivity index (χ1) is 12.0. The van der Waals surface area contributed by atoms with E-state index < -0.39 is 17.2 Å². The van der Waals surface area contributed by atoms with Crippen LogP contribution in [0.5, 0.6) is 0 Å². The van der Waals surface area contributed by atoms with E-state index in [9.17, 15) is 20.2 Å². The third kappa shape index (κ3) is 2.31. The molecule has 5 heteroatoms. The van der Waals surface area contributed by atoms with Crippen molar-refractivity contribution < 1.29 is 4.39 Å². The van der Waals surface area contributed by atoms with Gasteiger partial charge in [-0.1, -0.05) is 31.2 Å². The van der Waals surface area contributed by atoms with Crippen LogP contribution in [0.4, 0.5) is 4.39 Å². The molecule has 0 bridgehead atoms. The summed E-state index contributed by atoms with van der Waals surface area (Å²) in [5.41, 5.74) is 5.58. The minimum Gasteiger partial charge on any atom is -0.399 e. The van der Waals surface area contributed by atoms with Crippen molar-refractivity contribution in [3.8, 4) is 18.2 Å². The summed E-state index contributed by atoms with van der Waals surface area (Å²) in [4.78, 5) is 0. The molecule has 4 nitrogen and oxygen atoms in total. The van der Waals surface area contributed by atoms with Gasteiger partial charge < -0.3 is 5.73 Å². The average molecular weight is 332 g/mol. The second-order valence-electron chi connectivity index (χ2n) is 6.77. The maximum atomic E-state index is 14.6. The van der Waals surface area contributed by atoms with Gasteiger partial charge in [-0.3, -0.25) is 0 Å². The smallest absolute Gasteiger partial charge is 0.191 e. The van der Waals surface area contributed by atoms with Gasteiger partial charge in [0.15, 0.2) is 5.41 Å². The summed E-state index contributed by atoms with van der Waals surface area (Å²) in [6.07, 6.45) is 3.42. The van der Waals surface area contributed by atoms with Gasteiger partial charge in [0.25, 0.3) is 0 Å². The van der Waals surface area contributed by atoms with Gasteiger partial charge >= 0.3 is 0 Å². The highest BCUT2D eigenvalue weighted by Gasteiger charge is 2.54. The molecule has 0 spiro atoms. The molecule has 1 aromatic rings. The Morgan fingerprint density at radius 1 is 1.20 bits per heavy atom. The monoisotopic (exact) mass is 332 g/mol. The Hall–Kier alpha value is -3.10. The van der Waals surface area contributed by atoms with Crippen LogP contribution in [-0.4, -0.2) is 0 Å². The van der Waals surface area contributed by atoms with Crippen LogP contribution in [0.25, 0.3) is 0 Å². The first-order valence-corrected chi connectivity index (χ1v) is 8.17. The number of allylic oxidation sites excluding steroid dienone is 4. The lowest BCUT2D eigenvalue weighted by molar-refractivity contribution is 0.278. The van der Waals surface area contributed by atoms with E-state index in [1.807, 2.05) is 18.2 Å². The van der Waals surface area contributed by atoms with Crippen LogP contribution in [0.1, 0.15) is 31.2 Å². The number of hydrogen-bond donors (Lipinski definition) is 1. The quantitative estimate of drug-likeness (QED) is 0.848. The number of nitrogens with zero attached hydrogens (tertiary/aromatic N) is 3. The van der Waals surface area contributed by atoms with E-state index in [-0.39, 0.29) is 17.2 Å². The van der Waals surface area contributed by atoms with Gasteiger partial charge in [-0.05, 0) is 41.9 Å². The average Bonchev–Trinajstić information content (AvgIpc) is 2.62. The minimum absolute atomic E-state index is 0.0645. The second kappa shape index (κ2) is 6.08. The Kier molecular flexibility index (Phi) is 4.07. The Labute approximate surface area is 146 Å². The molecule has 0 heterocycles. The Morgan fingerprint density at radius 3 is 2.48 bits per heavy atom. The van der Waals surface area contributed by atoms with E-state index >= 15 is 0 Å². The Bertz CT molecular complexity index is 893. The maximum Gasteiger partial charge on any atom is 0.191 e. The number of fused-ring (bicyclic) bond motifs is 1. The summed E-state index contributed by atoms with van der Waals surface area (Å²) in [5.74, 6) is -1.18. The van der Waals surface area contributed by atoms with Gasteiger partial charge in [0.2, 0.25) is 0 Å². The summed E-state index contributed by atoms with van der Waals surface area (Å²) in [5, 5.41) is 29.3. The van der Waals surface area contributed by atoms with Crippen molar-refractivity contribution in [3.05, 3.63) is 58.6 Å². The molecule has 1 aromatic carbocycles. The molecule has 0 radical (unpaired) electrons. The zero-order valence-corrected chi connectivity index (χ0v) is 13.8. The fourth-order valence-corrected chi connectivity index (χ4v) is 4.15. The standard InChI is InChI=1S/C20H17FN4/c1-12-6-7-13-15(8-12)18(14-4-2-3-5-17(14)21)20(10-23,11-24)19(25)16(13)9-22/h2-5,7,12,15,18H,6,8,25H2,1H3/t12-,15-,18+/m1/s1. The Balaban J connectivity index is 2.37. The topological polar surface area (TPSA) is 97.4 Å². The first-order valence-electron chi connectivity index (χ1n) is 8.17. The fraction of sp³-hybridized carbons (Fsp3) is 0.350. The van der Waals surface area contributed by atoms with Crippen LogP contribution < -0.4 is 5.73 Å². The number of rotatable bonds is 1. The van der Waals surface area contributed by atoms with Crippen molar-refractivity contribution in [2.45, 2.75) is 25.7 Å². The Morgan fingerprint density at radius 2 is 1.88 bits per heavy atom. The molecule has 2 N–H and O–H groups in total. The number of hydrogen-bond acceptors (Lipinski definition) is 4. The molecule has 0 fully saturated rings. The molecule has 0 aliphatic heterocycles. The molecule has 0 saturated carbocycles. The number of nitriles is 3. The summed E-state index contributed by atoms with van der Waals surface area (Å²) >= 11 is 0. The van der Waals surface area contributed by atoms with Gasteiger partial charge in [-0.2, -0.15) is 15.8 Å². The van der Waals surface area contributed by atoms with Gasteiger partial charge in [0.1, 0.15) is 11.9 Å². The predicted octanol–water partition coefficient (Wildman–Crippen LogP) is 3.67. The van der Waals surface area contributed by atoms with Gasteiger partial charge in [-0.15, -0.1) is 0 Å². The molecular formula is C20H17FN4. The summed E-state index contributed by atoms with van der Waals surface area (Å²) in [6, 6.07) is 12.3. The molecule has 2 aliphatic carbocycles. The van der Waals surface area contributed by atoms with Crippen LogP contribution in [0.15, 0.2) is 47.2 Å². The summed E-state index contributed by atoms with van der Waals surface area (Å²) in [6.45, 7) is 2.07. The zero-order chi connectivity index (χ0) is 18.2. The van der Waals surface area contributed by atoms with Crippen molar-refractivity contribution in [1.29, 1.82) is 15.8 Å². The van der Waals surface area contributed by atoms with Crippen molar-refractivity contribution in [2.75, 3.05) is 0 Å². The first kappa shape index (κ1) is 16.7. The largest absolute Gasteiger partial charge is 0.399 e. The number of benzene rings is 1. The second-order valence-corrected chi connectivity index (χ2v) is 6.77. The maximum absolute atomic E-state index is 14.6. The van der Waals surface area contributed by atoms with Crippen LogP contribution in [0.3, 0.4) is 0 Å². The van der Waals surface area contributed by atoms with Crippen molar-refractivity contribution in [2.24, 2.45) is 23.0 Å². The highest BCUT2D eigenvalue weighted by molar-refractivity contribution is 5.59. The van der Waals surface area contributed by atoms with Crippen LogP contribution in [0, 0.1) is 57.1 Å². The summed E-state index contributed by atoms with van der Waals surface area (Å²) in [7, 11) is 0. The van der Waals surface area contributed by atoms with E-state index in [1.54, 1.807) is 18.2 Å². The molecule has 3 rings (SSSR count). The molecule has 124 valence electrons. The lowest BCUT2D eigenvalue weighted by Gasteiger charge is -2.44. The molecule has 0 amide bonds. The van der Waals surface area contributed by atoms with E-state index in [0.717, 1.165) is 12.0 Å². The zero-order valence-electron chi connectivity index (χ0n) is 13.8. The van der Waals surface area contributed by atoms with E-state index in [4.69, 9.17) is 5.73 Å². The summed E-state index contributed by atoms with van der Waals surface area (Å²) < 4.78 is 14.6. The normalized spacial score (nSPS) is 27.3. The number of halogens is 1. The highest BCUT2D eigenvalue weighted by Crippen LogP contribution is 2.56. The molecule has 3 atom stereocenters. The fourth-order valence-electron chi connectivity index (χ4n) is 4.15. The molecule has 25 heavy (non-hydrogen) atoms. The van der Waals surface area contributed by atoms with E-state index in [1.165, 1.54) is 6.07 Å². The lowest BCUT2D eigenvalue weighted by Crippen LogP contribution is -2.43. The van der Waals surface area contributed by atoms with Crippen molar-refractivity contribution >= 4 is 0 Å². The number of nitrogens with two attached hydrogens (primary N) is 1. The highest BCUT2D eigenvalue weighted by atomic mass is 19.1. The van der Waals surface area contributed by atoms with E-state index in [2.05, 4.69) is 13.0 Å². The van der Waals surface area contributed by atoms with Gasteiger partial charge in [0.05, 0.1) is 23.4 Å². The lowest BCUT2D eigenvalue weighted by atomic mass is 9.56. The van der Waals surface area contributed by atoms with E-state index in [0.29, 0.717) is 17.9 Å². The van der Waals surface area contributed by atoms with Crippen LogP contribution >= 0.6 is 0 Å². The minimum atomic E-state index is -1.76. The van der Waals surface area contributed by atoms with Crippen LogP contribution in [0.2, 0.25) is 0 Å². The molecule has 0 saturated heterocycles. The third-order valence-electron chi connectivity index (χ3n) is 5.35. The molecule has 0 unspecified atom stereocenters.